The summed E-state index contributed by atoms with van der Waals surface area (Å²) in [6.07, 6.45) is 0. The minimum Gasteiger partial charge on any atom is -0.310 e. The molecule has 0 radical (unpaired) electrons. The first-order valence-electron chi connectivity index (χ1n) is 23.4. The van der Waals surface area contributed by atoms with E-state index in [1.54, 1.807) is 0 Å². The Morgan fingerprint density at radius 2 is 0.794 bits per heavy atom. The van der Waals surface area contributed by atoms with E-state index in [1.165, 1.54) is 65.4 Å². The summed E-state index contributed by atoms with van der Waals surface area (Å²) in [4.78, 5) is 7.21. The predicted octanol–water partition coefficient (Wildman–Crippen LogP) is 18.1. The Kier molecular flexibility index (Phi) is 8.55. The van der Waals surface area contributed by atoms with Gasteiger partial charge in [0.15, 0.2) is 0 Å². The van der Waals surface area contributed by atoms with Gasteiger partial charge in [0.2, 0.25) is 0 Å². The molecule has 14 rings (SSSR count). The minimum absolute atomic E-state index is 1.09. The van der Waals surface area contributed by atoms with Crippen molar-refractivity contribution in [2.75, 3.05) is 14.7 Å². The molecule has 0 spiro atoms. The van der Waals surface area contributed by atoms with Crippen molar-refractivity contribution < 1.29 is 0 Å². The fourth-order valence-corrected chi connectivity index (χ4v) is 11.2. The monoisotopic (exact) mass is 866 g/mol. The van der Waals surface area contributed by atoms with Crippen molar-refractivity contribution in [3.8, 4) is 16.8 Å². The fraction of sp³-hybridized carbons (Fsp3) is 0. The number of hydrogen-bond donors (Lipinski definition) is 0. The first-order chi connectivity index (χ1) is 33.8. The molecule has 0 bridgehead atoms. The third-order valence-electron chi connectivity index (χ3n) is 13.9. The van der Waals surface area contributed by atoms with Gasteiger partial charge in [-0.3, -0.25) is 0 Å². The summed E-state index contributed by atoms with van der Waals surface area (Å²) in [5.41, 5.74) is 16.0. The zero-order valence-corrected chi connectivity index (χ0v) is 37.0. The largest absolute Gasteiger partial charge is 0.310 e. The lowest BCUT2D eigenvalue weighted by atomic mass is 9.83. The SMILES string of the molecule is c1ccc(N(c2ccccc2)c2ccc3c(c2)N(c2ccccc2)c2ccc4c5c2c-3cc2cccc(c25)c2c3ccc(N(c5ccccc5)c5ccccc5)cc3n(-c3ccccc3)c42)cc1. The summed E-state index contributed by atoms with van der Waals surface area (Å²) in [7, 11) is 0. The Labute approximate surface area is 394 Å². The van der Waals surface area contributed by atoms with Crippen LogP contribution in [0, 0.1) is 0 Å². The third kappa shape index (κ3) is 5.74. The molecular weight excluding hydrogens is 825 g/mol. The van der Waals surface area contributed by atoms with E-state index in [0.717, 1.165) is 56.7 Å². The summed E-state index contributed by atoms with van der Waals surface area (Å²) in [6, 6.07) is 92.8. The highest BCUT2D eigenvalue weighted by molar-refractivity contribution is 6.41. The van der Waals surface area contributed by atoms with Crippen LogP contribution in [-0.2, 0) is 0 Å². The summed E-state index contributed by atoms with van der Waals surface area (Å²) in [6.45, 7) is 0. The topological polar surface area (TPSA) is 14.7 Å². The highest BCUT2D eigenvalue weighted by atomic mass is 15.2. The highest BCUT2D eigenvalue weighted by Crippen LogP contribution is 2.57. The number of nitrogens with zero attached hydrogens (tertiary/aromatic N) is 4. The number of para-hydroxylation sites is 6. The summed E-state index contributed by atoms with van der Waals surface area (Å²) < 4.78 is 2.52. The molecule has 0 aliphatic carbocycles. The molecule has 12 aromatic carbocycles. The van der Waals surface area contributed by atoms with E-state index in [0.29, 0.717) is 0 Å². The molecule has 1 aliphatic heterocycles. The average Bonchev–Trinajstić information content (AvgIpc) is 3.75. The van der Waals surface area contributed by atoms with Gasteiger partial charge >= 0.3 is 0 Å². The maximum Gasteiger partial charge on any atom is 0.0626 e. The van der Waals surface area contributed by atoms with Gasteiger partial charge in [0.1, 0.15) is 0 Å². The van der Waals surface area contributed by atoms with E-state index in [4.69, 9.17) is 0 Å². The fourth-order valence-electron chi connectivity index (χ4n) is 11.2. The van der Waals surface area contributed by atoms with Gasteiger partial charge in [-0.25, -0.2) is 0 Å². The number of aromatic nitrogens is 1. The van der Waals surface area contributed by atoms with Gasteiger partial charge in [0.25, 0.3) is 0 Å². The van der Waals surface area contributed by atoms with E-state index in [-0.39, 0.29) is 0 Å². The second kappa shape index (κ2) is 15.2. The number of anilines is 9. The van der Waals surface area contributed by atoms with Gasteiger partial charge in [-0.2, -0.15) is 0 Å². The Balaban J connectivity index is 1.08. The second-order valence-corrected chi connectivity index (χ2v) is 17.7. The number of benzene rings is 12. The first kappa shape index (κ1) is 38.2. The van der Waals surface area contributed by atoms with Crippen molar-refractivity contribution in [2.24, 2.45) is 0 Å². The number of hydrogen-bond acceptors (Lipinski definition) is 3. The molecular formula is C64H42N4. The zero-order chi connectivity index (χ0) is 44.7. The lowest BCUT2D eigenvalue weighted by molar-refractivity contribution is 1.18. The zero-order valence-electron chi connectivity index (χ0n) is 37.0. The molecule has 4 heteroatoms. The highest BCUT2D eigenvalue weighted by Gasteiger charge is 2.31. The molecule has 0 saturated carbocycles. The maximum atomic E-state index is 2.52. The molecule has 0 amide bonds. The van der Waals surface area contributed by atoms with Crippen LogP contribution in [0.2, 0.25) is 0 Å². The van der Waals surface area contributed by atoms with Gasteiger partial charge in [-0.15, -0.1) is 0 Å². The van der Waals surface area contributed by atoms with Crippen LogP contribution in [0.3, 0.4) is 0 Å². The Morgan fingerprint density at radius 1 is 0.279 bits per heavy atom. The van der Waals surface area contributed by atoms with Gasteiger partial charge < -0.3 is 19.3 Å². The third-order valence-corrected chi connectivity index (χ3v) is 13.9. The summed E-state index contributed by atoms with van der Waals surface area (Å²) in [5.74, 6) is 0. The van der Waals surface area contributed by atoms with Crippen LogP contribution in [0.4, 0.5) is 51.2 Å². The average molecular weight is 867 g/mol. The van der Waals surface area contributed by atoms with Gasteiger partial charge in [-0.05, 0) is 131 Å². The van der Waals surface area contributed by atoms with Crippen LogP contribution in [0.1, 0.15) is 0 Å². The molecule has 2 heterocycles. The standard InChI is InChI=1S/C64H42N4/c1-7-21-44(22-8-1)65(45-23-9-2-10-24-45)50-34-36-52-56-40-43-20-19-33-54-60(43)63-55(38-39-57(62(56)63)67(58(52)41-50)48-29-15-5-16-30-48)64-61(54)53-37-35-51(42-59(53)68(64)49-31-17-6-18-32-49)66(46-25-11-3-12-26-46)47-27-13-4-14-28-47/h1-42H. The quantitative estimate of drug-likeness (QED) is 0.141. The van der Waals surface area contributed by atoms with E-state index in [9.17, 15) is 0 Å². The molecule has 1 aromatic heterocycles. The molecule has 13 aromatic rings. The minimum atomic E-state index is 1.09. The molecule has 0 saturated heterocycles. The summed E-state index contributed by atoms with van der Waals surface area (Å²) in [5, 5.41) is 10.1. The van der Waals surface area contributed by atoms with Crippen molar-refractivity contribution in [2.45, 2.75) is 0 Å². The number of fused-ring (bicyclic) bond motifs is 7. The molecule has 4 nitrogen and oxygen atoms in total. The first-order valence-corrected chi connectivity index (χ1v) is 23.4. The van der Waals surface area contributed by atoms with Crippen LogP contribution < -0.4 is 14.7 Å². The van der Waals surface area contributed by atoms with Crippen LogP contribution in [-0.4, -0.2) is 4.57 Å². The Bertz CT molecular complexity index is 3920. The van der Waals surface area contributed by atoms with Gasteiger partial charge in [0.05, 0.1) is 22.4 Å². The summed E-state index contributed by atoms with van der Waals surface area (Å²) >= 11 is 0. The van der Waals surface area contributed by atoms with Gasteiger partial charge in [-0.1, -0.05) is 146 Å². The molecule has 0 unspecified atom stereocenters. The smallest absolute Gasteiger partial charge is 0.0626 e. The predicted molar refractivity (Wildman–Crippen MR) is 288 cm³/mol. The maximum absolute atomic E-state index is 2.52. The Morgan fingerprint density at radius 3 is 1.38 bits per heavy atom. The Hall–Kier alpha value is -9.12. The number of rotatable bonds is 8. The van der Waals surface area contributed by atoms with Crippen LogP contribution in [0.5, 0.6) is 0 Å². The van der Waals surface area contributed by atoms with Crippen molar-refractivity contribution in [1.29, 1.82) is 0 Å². The van der Waals surface area contributed by atoms with Crippen molar-refractivity contribution >= 4 is 105 Å². The van der Waals surface area contributed by atoms with Gasteiger partial charge in [0, 0.05) is 78.0 Å². The lowest BCUT2D eigenvalue weighted by Gasteiger charge is -2.36. The lowest BCUT2D eigenvalue weighted by Crippen LogP contribution is -2.17. The van der Waals surface area contributed by atoms with E-state index >= 15 is 0 Å². The van der Waals surface area contributed by atoms with E-state index in [1.807, 2.05) is 0 Å². The van der Waals surface area contributed by atoms with E-state index < -0.39 is 0 Å². The molecule has 318 valence electrons. The molecule has 0 atom stereocenters. The van der Waals surface area contributed by atoms with Crippen molar-refractivity contribution in [3.63, 3.8) is 0 Å². The van der Waals surface area contributed by atoms with Crippen LogP contribution >= 0.6 is 0 Å². The molecule has 1 aliphatic rings. The van der Waals surface area contributed by atoms with Crippen LogP contribution in [0.15, 0.2) is 255 Å². The molecule has 0 N–H and O–H groups in total. The van der Waals surface area contributed by atoms with E-state index in [2.05, 4.69) is 274 Å². The molecule has 0 fully saturated rings. The van der Waals surface area contributed by atoms with Crippen molar-refractivity contribution in [1.82, 2.24) is 4.57 Å². The molecule has 68 heavy (non-hydrogen) atoms. The van der Waals surface area contributed by atoms with Crippen LogP contribution in [0.25, 0.3) is 70.9 Å². The normalized spacial score (nSPS) is 12.1. The van der Waals surface area contributed by atoms with Crippen molar-refractivity contribution in [3.05, 3.63) is 255 Å². The second-order valence-electron chi connectivity index (χ2n) is 17.7.